The Bertz CT molecular complexity index is 251. The maximum atomic E-state index is 8.74. The van der Waals surface area contributed by atoms with E-state index in [0.29, 0.717) is 10.8 Å². The fourth-order valence-electron chi connectivity index (χ4n) is 1.15. The molecule has 0 spiro atoms. The molecule has 0 aliphatic carbocycles. The van der Waals surface area contributed by atoms with Gasteiger partial charge in [0.2, 0.25) is 0 Å². The molecule has 0 radical (unpaired) electrons. The van der Waals surface area contributed by atoms with Gasteiger partial charge in [-0.2, -0.15) is 8.42 Å². The van der Waals surface area contributed by atoms with Crippen molar-refractivity contribution in [2.75, 3.05) is 0 Å². The monoisotopic (exact) mass is 344 g/mol. The average Bonchev–Trinajstić information content (AvgIpc) is 1.74. The van der Waals surface area contributed by atoms with Crippen LogP contribution >= 0.6 is 0 Å². The molecule has 4 nitrogen and oxygen atoms in total. The summed E-state index contributed by atoms with van der Waals surface area (Å²) < 4.78 is 31.6. The molecule has 0 aromatic heterocycles. The molecule has 2 N–H and O–H groups in total. The molecule has 0 saturated heterocycles. The average molecular weight is 346 g/mol. The molecule has 0 bridgehead atoms. The summed E-state index contributed by atoms with van der Waals surface area (Å²) in [6.45, 7) is 13.9. The Hall–Kier alpha value is 0.753. The minimum Gasteiger partial charge on any atom is -0.264 e. The van der Waals surface area contributed by atoms with Gasteiger partial charge in [0.15, 0.2) is 0 Å². The van der Waals surface area contributed by atoms with E-state index in [9.17, 15) is 0 Å². The third-order valence-corrected chi connectivity index (χ3v) is 1.85. The predicted molar refractivity (Wildman–Crippen MR) is 66.9 cm³/mol. The Morgan fingerprint density at radius 2 is 1.00 bits per heavy atom. The first-order valence-corrected chi connectivity index (χ1v) is 6.80. The van der Waals surface area contributed by atoms with Crippen molar-refractivity contribution >= 4 is 10.4 Å². The van der Waals surface area contributed by atoms with Crippen LogP contribution < -0.4 is 0 Å². The van der Waals surface area contributed by atoms with E-state index in [1.165, 1.54) is 19.3 Å². The van der Waals surface area contributed by atoms with Crippen molar-refractivity contribution in [2.45, 2.75) is 60.8 Å². The van der Waals surface area contributed by atoms with Crippen molar-refractivity contribution in [3.63, 3.8) is 0 Å². The normalized spacial score (nSPS) is 12.2. The van der Waals surface area contributed by atoms with Crippen LogP contribution in [-0.2, 0) is 36.6 Å². The van der Waals surface area contributed by atoms with Gasteiger partial charge < -0.3 is 0 Å². The summed E-state index contributed by atoms with van der Waals surface area (Å²) in [5.41, 5.74) is 1.04. The Morgan fingerprint density at radius 1 is 0.824 bits per heavy atom. The second-order valence-electron chi connectivity index (χ2n) is 6.42. The van der Waals surface area contributed by atoms with E-state index in [1.807, 2.05) is 0 Å². The SMILES string of the molecule is CC(C)(C)CCCC(C)(C)C.O=S(=O)(O)O.[Zr]. The second-order valence-corrected chi connectivity index (χ2v) is 7.32. The van der Waals surface area contributed by atoms with Crippen molar-refractivity contribution in [2.24, 2.45) is 10.8 Å². The zero-order valence-electron chi connectivity index (χ0n) is 11.7. The Labute approximate surface area is 125 Å². The van der Waals surface area contributed by atoms with Crippen LogP contribution in [0.1, 0.15) is 60.8 Å². The molecule has 0 atom stereocenters. The molecule has 0 aromatic rings. The molecule has 0 fully saturated rings. The van der Waals surface area contributed by atoms with Gasteiger partial charge in [-0.3, -0.25) is 9.11 Å². The summed E-state index contributed by atoms with van der Waals surface area (Å²) in [6, 6.07) is 0. The van der Waals surface area contributed by atoms with Gasteiger partial charge in [0.1, 0.15) is 0 Å². The topological polar surface area (TPSA) is 74.6 Å². The van der Waals surface area contributed by atoms with E-state index < -0.39 is 10.4 Å². The van der Waals surface area contributed by atoms with Crippen molar-refractivity contribution in [3.05, 3.63) is 0 Å². The maximum absolute atomic E-state index is 8.74. The van der Waals surface area contributed by atoms with Crippen molar-refractivity contribution in [3.8, 4) is 0 Å². The predicted octanol–water partition coefficient (Wildman–Crippen LogP) is 3.59. The van der Waals surface area contributed by atoms with Crippen LogP contribution in [0.2, 0.25) is 0 Å². The standard InChI is InChI=1S/C11H24.H2O4S.Zr/c1-10(2,3)8-7-9-11(4,5)6;1-5(2,3)4;/h7-9H2,1-6H3;(H2,1,2,3,4);. The van der Waals surface area contributed by atoms with E-state index >= 15 is 0 Å². The molecule has 0 heterocycles. The quantitative estimate of drug-likeness (QED) is 0.750. The fraction of sp³-hybridized carbons (Fsp3) is 1.00. The first-order chi connectivity index (χ1) is 6.71. The summed E-state index contributed by atoms with van der Waals surface area (Å²) in [6.07, 6.45) is 4.07. The largest absolute Gasteiger partial charge is 0.394 e. The number of hydrogen-bond acceptors (Lipinski definition) is 2. The maximum Gasteiger partial charge on any atom is 0.394 e. The van der Waals surface area contributed by atoms with Crippen LogP contribution in [0.5, 0.6) is 0 Å². The van der Waals surface area contributed by atoms with E-state index in [2.05, 4.69) is 41.5 Å². The Morgan fingerprint density at radius 3 is 1.12 bits per heavy atom. The van der Waals surface area contributed by atoms with Gasteiger partial charge in [-0.15, -0.1) is 0 Å². The molecular weight excluding hydrogens is 319 g/mol. The summed E-state index contributed by atoms with van der Waals surface area (Å²) in [5.74, 6) is 0. The van der Waals surface area contributed by atoms with Gasteiger partial charge >= 0.3 is 10.4 Å². The molecule has 0 unspecified atom stereocenters. The smallest absolute Gasteiger partial charge is 0.264 e. The first-order valence-electron chi connectivity index (χ1n) is 5.41. The fourth-order valence-corrected chi connectivity index (χ4v) is 1.15. The summed E-state index contributed by atoms with van der Waals surface area (Å²) in [4.78, 5) is 0. The van der Waals surface area contributed by atoms with Gasteiger partial charge in [0.25, 0.3) is 0 Å². The second kappa shape index (κ2) is 8.79. The molecule has 6 heteroatoms. The third kappa shape index (κ3) is 47.6. The minimum absolute atomic E-state index is 0. The van der Waals surface area contributed by atoms with Crippen LogP contribution in [0.25, 0.3) is 0 Å². The molecule has 0 amide bonds. The molecule has 0 aliphatic rings. The van der Waals surface area contributed by atoms with E-state index in [-0.39, 0.29) is 26.2 Å². The molecule has 0 saturated carbocycles. The van der Waals surface area contributed by atoms with Crippen LogP contribution in [-0.4, -0.2) is 17.5 Å². The van der Waals surface area contributed by atoms with Crippen LogP contribution in [0.4, 0.5) is 0 Å². The summed E-state index contributed by atoms with van der Waals surface area (Å²) in [7, 11) is -4.67. The minimum atomic E-state index is -4.67. The molecule has 0 aromatic carbocycles. The first kappa shape index (κ1) is 22.9. The number of hydrogen-bond donors (Lipinski definition) is 2. The molecular formula is C11H26O4SZr. The zero-order valence-corrected chi connectivity index (χ0v) is 15.0. The van der Waals surface area contributed by atoms with Gasteiger partial charge in [-0.1, -0.05) is 48.0 Å². The van der Waals surface area contributed by atoms with Crippen LogP contribution in [0.15, 0.2) is 0 Å². The van der Waals surface area contributed by atoms with E-state index in [1.54, 1.807) is 0 Å². The van der Waals surface area contributed by atoms with E-state index in [0.717, 1.165) is 0 Å². The van der Waals surface area contributed by atoms with Gasteiger partial charge in [0, 0.05) is 26.2 Å². The summed E-state index contributed by atoms with van der Waals surface area (Å²) >= 11 is 0. The van der Waals surface area contributed by atoms with Crippen molar-refractivity contribution in [1.29, 1.82) is 0 Å². The molecule has 17 heavy (non-hydrogen) atoms. The number of rotatable bonds is 2. The van der Waals surface area contributed by atoms with Gasteiger partial charge in [-0.05, 0) is 23.7 Å². The van der Waals surface area contributed by atoms with Crippen molar-refractivity contribution < 1.29 is 43.7 Å². The van der Waals surface area contributed by atoms with Crippen LogP contribution in [0.3, 0.4) is 0 Å². The molecule has 0 aliphatic heterocycles. The van der Waals surface area contributed by atoms with Crippen LogP contribution in [0, 0.1) is 10.8 Å². The molecule has 104 valence electrons. The summed E-state index contributed by atoms with van der Waals surface area (Å²) in [5, 5.41) is 0. The van der Waals surface area contributed by atoms with Gasteiger partial charge in [-0.25, -0.2) is 0 Å². The third-order valence-electron chi connectivity index (χ3n) is 1.85. The zero-order chi connectivity index (χ0) is 13.6. The van der Waals surface area contributed by atoms with Crippen molar-refractivity contribution in [1.82, 2.24) is 0 Å². The Kier molecular flexibility index (Phi) is 11.8. The molecule has 0 rings (SSSR count). The Balaban J connectivity index is -0.000000280. The van der Waals surface area contributed by atoms with Gasteiger partial charge in [0.05, 0.1) is 0 Å². The van der Waals surface area contributed by atoms with E-state index in [4.69, 9.17) is 17.5 Å².